The second kappa shape index (κ2) is 9.71. The minimum Gasteiger partial charge on any atom is -0.348 e. The minimum atomic E-state index is -4.44. The van der Waals surface area contributed by atoms with E-state index in [0.29, 0.717) is 16.8 Å². The Balaban J connectivity index is 1.54. The van der Waals surface area contributed by atoms with Gasteiger partial charge in [0.15, 0.2) is 0 Å². The van der Waals surface area contributed by atoms with Gasteiger partial charge in [-0.05, 0) is 65.7 Å². The molecule has 0 atom stereocenters. The zero-order chi connectivity index (χ0) is 22.3. The molecule has 0 unspecified atom stereocenters. The number of alkyl halides is 3. The molecule has 158 valence electrons. The summed E-state index contributed by atoms with van der Waals surface area (Å²) < 4.78 is 38.3. The number of nitrogens with zero attached hydrogens (tertiary/aromatic N) is 1. The number of amides is 2. The molecule has 1 heterocycles. The number of benzene rings is 2. The normalized spacial score (nSPS) is 11.3. The largest absolute Gasteiger partial charge is 0.416 e. The summed E-state index contributed by atoms with van der Waals surface area (Å²) in [6.45, 7) is -0.0406. The van der Waals surface area contributed by atoms with E-state index in [-0.39, 0.29) is 12.5 Å². The van der Waals surface area contributed by atoms with Gasteiger partial charge in [-0.15, -0.1) is 0 Å². The van der Waals surface area contributed by atoms with Crippen LogP contribution in [0.25, 0.3) is 6.08 Å². The average molecular weight is 425 g/mol. The summed E-state index contributed by atoms with van der Waals surface area (Å²) in [4.78, 5) is 28.1. The van der Waals surface area contributed by atoms with Crippen LogP contribution in [0.2, 0.25) is 0 Å². The van der Waals surface area contributed by atoms with Gasteiger partial charge in [0.25, 0.3) is 5.91 Å². The average Bonchev–Trinajstić information content (AvgIpc) is 2.77. The Bertz CT molecular complexity index is 1080. The fourth-order valence-electron chi connectivity index (χ4n) is 2.68. The van der Waals surface area contributed by atoms with E-state index in [9.17, 15) is 22.8 Å². The summed E-state index contributed by atoms with van der Waals surface area (Å²) in [6, 6.07) is 14.5. The number of pyridine rings is 1. The molecule has 0 fully saturated rings. The van der Waals surface area contributed by atoms with Crippen LogP contribution in [0.1, 0.15) is 27.0 Å². The zero-order valence-corrected chi connectivity index (χ0v) is 16.2. The maximum Gasteiger partial charge on any atom is 0.416 e. The van der Waals surface area contributed by atoms with Crippen LogP contribution in [-0.4, -0.2) is 16.8 Å². The lowest BCUT2D eigenvalue weighted by molar-refractivity contribution is -0.137. The van der Waals surface area contributed by atoms with Gasteiger partial charge in [0.1, 0.15) is 0 Å². The molecule has 8 heteroatoms. The van der Waals surface area contributed by atoms with Gasteiger partial charge in [-0.3, -0.25) is 14.6 Å². The molecule has 0 spiro atoms. The summed E-state index contributed by atoms with van der Waals surface area (Å²) in [5, 5.41) is 5.26. The number of rotatable bonds is 6. The van der Waals surface area contributed by atoms with Gasteiger partial charge in [-0.2, -0.15) is 13.2 Å². The van der Waals surface area contributed by atoms with Crippen molar-refractivity contribution in [3.05, 3.63) is 101 Å². The summed E-state index contributed by atoms with van der Waals surface area (Å²) in [6.07, 6.45) is 1.83. The highest BCUT2D eigenvalue weighted by Crippen LogP contribution is 2.29. The molecule has 0 radical (unpaired) electrons. The van der Waals surface area contributed by atoms with E-state index in [1.54, 1.807) is 42.7 Å². The summed E-state index contributed by atoms with van der Waals surface area (Å²) in [5.41, 5.74) is 1.22. The third kappa shape index (κ3) is 6.53. The number of aromatic nitrogens is 1. The summed E-state index contributed by atoms with van der Waals surface area (Å²) in [7, 11) is 0. The first-order chi connectivity index (χ1) is 14.8. The second-order valence-corrected chi connectivity index (χ2v) is 6.56. The molecule has 2 N–H and O–H groups in total. The fraction of sp³-hybridized carbons (Fsp3) is 0.0870. The molecule has 0 aliphatic carbocycles. The zero-order valence-electron chi connectivity index (χ0n) is 16.2. The van der Waals surface area contributed by atoms with Crippen molar-refractivity contribution in [3.8, 4) is 0 Å². The van der Waals surface area contributed by atoms with Crippen molar-refractivity contribution in [2.75, 3.05) is 5.32 Å². The molecule has 31 heavy (non-hydrogen) atoms. The quantitative estimate of drug-likeness (QED) is 0.564. The Kier molecular flexibility index (Phi) is 6.81. The van der Waals surface area contributed by atoms with Gasteiger partial charge in [0.05, 0.1) is 5.56 Å². The number of hydrogen-bond acceptors (Lipinski definition) is 3. The molecule has 0 aliphatic rings. The summed E-state index contributed by atoms with van der Waals surface area (Å²) in [5.74, 6) is -0.772. The van der Waals surface area contributed by atoms with Gasteiger partial charge in [-0.25, -0.2) is 0 Å². The van der Waals surface area contributed by atoms with Crippen LogP contribution < -0.4 is 10.6 Å². The fourth-order valence-corrected chi connectivity index (χ4v) is 2.68. The molecule has 5 nitrogen and oxygen atoms in total. The standard InChI is InChI=1S/C23H18F3N3O2/c24-23(25,26)19-3-1-2-17(14-19)15-28-22(31)18-5-7-20(8-6-18)29-21(30)9-4-16-10-12-27-13-11-16/h1-14H,15H2,(H,28,31)(H,29,30). The van der Waals surface area contributed by atoms with E-state index in [1.807, 2.05) is 0 Å². The number of anilines is 1. The van der Waals surface area contributed by atoms with Crippen LogP contribution in [0.3, 0.4) is 0 Å². The van der Waals surface area contributed by atoms with Crippen LogP contribution >= 0.6 is 0 Å². The van der Waals surface area contributed by atoms with E-state index < -0.39 is 17.6 Å². The predicted octanol–water partition coefficient (Wildman–Crippen LogP) is 4.68. The van der Waals surface area contributed by atoms with E-state index in [0.717, 1.165) is 17.7 Å². The monoisotopic (exact) mass is 425 g/mol. The molecule has 2 amide bonds. The van der Waals surface area contributed by atoms with Crippen molar-refractivity contribution in [3.63, 3.8) is 0 Å². The third-order valence-corrected chi connectivity index (χ3v) is 4.26. The van der Waals surface area contributed by atoms with Crippen LogP contribution in [0, 0.1) is 0 Å². The lowest BCUT2D eigenvalue weighted by Gasteiger charge is -2.10. The topological polar surface area (TPSA) is 71.1 Å². The number of hydrogen-bond donors (Lipinski definition) is 2. The van der Waals surface area contributed by atoms with E-state index in [2.05, 4.69) is 15.6 Å². The molecule has 3 aromatic rings. The van der Waals surface area contributed by atoms with Gasteiger partial charge in [-0.1, -0.05) is 12.1 Å². The molecule has 0 bridgehead atoms. The first kappa shape index (κ1) is 21.8. The number of halogens is 3. The smallest absolute Gasteiger partial charge is 0.348 e. The lowest BCUT2D eigenvalue weighted by Crippen LogP contribution is -2.23. The first-order valence-corrected chi connectivity index (χ1v) is 9.25. The van der Waals surface area contributed by atoms with Crippen molar-refractivity contribution in [1.82, 2.24) is 10.3 Å². The highest BCUT2D eigenvalue weighted by molar-refractivity contribution is 6.02. The van der Waals surface area contributed by atoms with Crippen molar-refractivity contribution < 1.29 is 22.8 Å². The Labute approximate surface area is 176 Å². The SMILES string of the molecule is O=C(C=Cc1ccncc1)Nc1ccc(C(=O)NCc2cccc(C(F)(F)F)c2)cc1. The maximum atomic E-state index is 12.8. The molecular formula is C23H18F3N3O2. The van der Waals surface area contributed by atoms with E-state index in [4.69, 9.17) is 0 Å². The highest BCUT2D eigenvalue weighted by atomic mass is 19.4. The predicted molar refractivity (Wildman–Crippen MR) is 111 cm³/mol. The molecule has 0 saturated heterocycles. The number of carbonyl (C=O) groups is 2. The number of nitrogens with one attached hydrogen (secondary N) is 2. The van der Waals surface area contributed by atoms with Crippen LogP contribution in [0.4, 0.5) is 18.9 Å². The molecular weight excluding hydrogens is 407 g/mol. The minimum absolute atomic E-state index is 0.0406. The van der Waals surface area contributed by atoms with E-state index in [1.165, 1.54) is 30.3 Å². The van der Waals surface area contributed by atoms with E-state index >= 15 is 0 Å². The van der Waals surface area contributed by atoms with Crippen LogP contribution in [0.5, 0.6) is 0 Å². The van der Waals surface area contributed by atoms with Gasteiger partial charge in [0, 0.05) is 36.3 Å². The molecule has 3 rings (SSSR count). The van der Waals surface area contributed by atoms with Crippen molar-refractivity contribution in [2.24, 2.45) is 0 Å². The van der Waals surface area contributed by atoms with Gasteiger partial charge >= 0.3 is 6.18 Å². The van der Waals surface area contributed by atoms with Gasteiger partial charge < -0.3 is 10.6 Å². The third-order valence-electron chi connectivity index (χ3n) is 4.26. The van der Waals surface area contributed by atoms with Crippen molar-refractivity contribution in [2.45, 2.75) is 12.7 Å². The lowest BCUT2D eigenvalue weighted by atomic mass is 10.1. The Morgan fingerprint density at radius 1 is 0.968 bits per heavy atom. The molecule has 0 saturated carbocycles. The van der Waals surface area contributed by atoms with Crippen LogP contribution in [0.15, 0.2) is 79.1 Å². The molecule has 1 aromatic heterocycles. The van der Waals surface area contributed by atoms with Crippen LogP contribution in [-0.2, 0) is 17.5 Å². The Morgan fingerprint density at radius 3 is 2.35 bits per heavy atom. The maximum absolute atomic E-state index is 12.8. The Morgan fingerprint density at radius 2 is 1.68 bits per heavy atom. The van der Waals surface area contributed by atoms with Crippen molar-refractivity contribution in [1.29, 1.82) is 0 Å². The summed E-state index contributed by atoms with van der Waals surface area (Å²) >= 11 is 0. The van der Waals surface area contributed by atoms with Crippen molar-refractivity contribution >= 4 is 23.6 Å². The first-order valence-electron chi connectivity index (χ1n) is 9.25. The molecule has 0 aliphatic heterocycles. The number of carbonyl (C=O) groups excluding carboxylic acids is 2. The molecule has 2 aromatic carbocycles. The second-order valence-electron chi connectivity index (χ2n) is 6.56. The highest BCUT2D eigenvalue weighted by Gasteiger charge is 2.30. The van der Waals surface area contributed by atoms with Gasteiger partial charge in [0.2, 0.25) is 5.91 Å². The Hall–Kier alpha value is -3.94.